The van der Waals surface area contributed by atoms with Gasteiger partial charge in [-0.2, -0.15) is 0 Å². The molecule has 7 heteroatoms. The van der Waals surface area contributed by atoms with Crippen LogP contribution < -0.4 is 15.5 Å². The summed E-state index contributed by atoms with van der Waals surface area (Å²) in [6.45, 7) is 13.2. The summed E-state index contributed by atoms with van der Waals surface area (Å²) in [5, 5.41) is 6.36. The molecule has 3 rings (SSSR count). The van der Waals surface area contributed by atoms with Gasteiger partial charge in [0.2, 0.25) is 5.95 Å². The van der Waals surface area contributed by atoms with Gasteiger partial charge in [-0.25, -0.2) is 14.8 Å². The van der Waals surface area contributed by atoms with Crippen molar-refractivity contribution < 1.29 is 9.53 Å². The summed E-state index contributed by atoms with van der Waals surface area (Å²) in [5.74, 6) is 2.96. The first-order valence-electron chi connectivity index (χ1n) is 11.0. The molecule has 1 aromatic rings. The molecular formula is C22H37N5O2. The van der Waals surface area contributed by atoms with Gasteiger partial charge in [0, 0.05) is 25.7 Å². The summed E-state index contributed by atoms with van der Waals surface area (Å²) >= 11 is 0. The molecule has 1 aliphatic carbocycles. The van der Waals surface area contributed by atoms with E-state index in [-0.39, 0.29) is 12.1 Å². The smallest absolute Gasteiger partial charge is 0.407 e. The molecule has 2 heterocycles. The Hall–Kier alpha value is -2.05. The maximum atomic E-state index is 11.8. The van der Waals surface area contributed by atoms with Crippen LogP contribution in [0.2, 0.25) is 0 Å². The number of piperidine rings is 1. The molecule has 29 heavy (non-hydrogen) atoms. The topological polar surface area (TPSA) is 79.4 Å². The van der Waals surface area contributed by atoms with Crippen LogP contribution in [0.3, 0.4) is 0 Å². The van der Waals surface area contributed by atoms with Crippen LogP contribution in [0, 0.1) is 17.8 Å². The summed E-state index contributed by atoms with van der Waals surface area (Å²) in [4.78, 5) is 23.2. The van der Waals surface area contributed by atoms with E-state index >= 15 is 0 Å². The minimum atomic E-state index is -0.453. The molecule has 0 spiro atoms. The number of alkyl carbamates (subject to hydrolysis) is 1. The Morgan fingerprint density at radius 2 is 1.83 bits per heavy atom. The van der Waals surface area contributed by atoms with Gasteiger partial charge in [-0.1, -0.05) is 13.8 Å². The highest BCUT2D eigenvalue weighted by Gasteiger charge is 2.31. The Labute approximate surface area is 175 Å². The second kappa shape index (κ2) is 9.18. The third-order valence-electron chi connectivity index (χ3n) is 5.95. The van der Waals surface area contributed by atoms with E-state index in [2.05, 4.69) is 39.3 Å². The highest BCUT2D eigenvalue weighted by molar-refractivity contribution is 5.68. The number of nitrogens with zero attached hydrogens (tertiary/aromatic N) is 3. The van der Waals surface area contributed by atoms with Crippen molar-refractivity contribution >= 4 is 17.7 Å². The van der Waals surface area contributed by atoms with Crippen molar-refractivity contribution in [2.75, 3.05) is 29.9 Å². The lowest BCUT2D eigenvalue weighted by Gasteiger charge is -2.36. The van der Waals surface area contributed by atoms with Crippen LogP contribution in [0.25, 0.3) is 0 Å². The minimum Gasteiger partial charge on any atom is -0.444 e. The SMILES string of the molecule is CC(C)C1CCN(c2ncc(NCC3CC(NC(=O)OC(C)(C)C)C3)cn2)CC1. The fourth-order valence-corrected chi connectivity index (χ4v) is 4.10. The Balaban J connectivity index is 1.35. The zero-order chi connectivity index (χ0) is 21.0. The Kier molecular flexibility index (Phi) is 6.85. The fourth-order valence-electron chi connectivity index (χ4n) is 4.10. The molecule has 0 atom stereocenters. The van der Waals surface area contributed by atoms with Gasteiger partial charge in [-0.3, -0.25) is 0 Å². The summed E-state index contributed by atoms with van der Waals surface area (Å²) in [6.07, 6.45) is 7.82. The number of nitrogens with one attached hydrogen (secondary N) is 2. The first kappa shape index (κ1) is 21.7. The standard InChI is InChI=1S/C22H37N5O2/c1-15(2)17-6-8-27(9-7-17)20-24-13-19(14-25-20)23-12-16-10-18(11-16)26-21(28)29-22(3,4)5/h13-18,23H,6-12H2,1-5H3,(H,26,28). The van der Waals surface area contributed by atoms with E-state index in [0.29, 0.717) is 5.92 Å². The van der Waals surface area contributed by atoms with Gasteiger partial charge in [-0.15, -0.1) is 0 Å². The number of hydrogen-bond acceptors (Lipinski definition) is 6. The molecule has 1 saturated heterocycles. The molecule has 162 valence electrons. The van der Waals surface area contributed by atoms with Crippen molar-refractivity contribution in [1.29, 1.82) is 0 Å². The first-order valence-corrected chi connectivity index (χ1v) is 11.0. The third kappa shape index (κ3) is 6.47. The van der Waals surface area contributed by atoms with Crippen LogP contribution in [-0.4, -0.2) is 47.3 Å². The van der Waals surface area contributed by atoms with Crippen LogP contribution in [0.15, 0.2) is 12.4 Å². The van der Waals surface area contributed by atoms with Crippen molar-refractivity contribution in [2.45, 2.75) is 71.9 Å². The molecular weight excluding hydrogens is 366 g/mol. The first-order chi connectivity index (χ1) is 13.7. The van der Waals surface area contributed by atoms with Crippen LogP contribution in [0.4, 0.5) is 16.4 Å². The quantitative estimate of drug-likeness (QED) is 0.745. The molecule has 0 aromatic carbocycles. The van der Waals surface area contributed by atoms with Gasteiger partial charge < -0.3 is 20.3 Å². The second-order valence-corrected chi connectivity index (χ2v) is 9.90. The molecule has 0 bridgehead atoms. The largest absolute Gasteiger partial charge is 0.444 e. The Morgan fingerprint density at radius 3 is 2.38 bits per heavy atom. The lowest BCUT2D eigenvalue weighted by molar-refractivity contribution is 0.0456. The monoisotopic (exact) mass is 403 g/mol. The molecule has 7 nitrogen and oxygen atoms in total. The van der Waals surface area contributed by atoms with E-state index < -0.39 is 5.60 Å². The van der Waals surface area contributed by atoms with Crippen molar-refractivity contribution in [3.8, 4) is 0 Å². The Bertz CT molecular complexity index is 657. The summed E-state index contributed by atoms with van der Waals surface area (Å²) in [5.41, 5.74) is 0.500. The molecule has 2 N–H and O–H groups in total. The molecule has 1 aliphatic heterocycles. The second-order valence-electron chi connectivity index (χ2n) is 9.90. The van der Waals surface area contributed by atoms with Gasteiger partial charge in [0.1, 0.15) is 5.60 Å². The molecule has 1 amide bonds. The van der Waals surface area contributed by atoms with Crippen molar-refractivity contribution in [3.05, 3.63) is 12.4 Å². The number of anilines is 2. The number of amides is 1. The highest BCUT2D eigenvalue weighted by atomic mass is 16.6. The minimum absolute atomic E-state index is 0.212. The highest BCUT2D eigenvalue weighted by Crippen LogP contribution is 2.29. The van der Waals surface area contributed by atoms with E-state index in [4.69, 9.17) is 4.74 Å². The van der Waals surface area contributed by atoms with Crippen molar-refractivity contribution in [3.63, 3.8) is 0 Å². The maximum absolute atomic E-state index is 11.8. The molecule has 1 saturated carbocycles. The van der Waals surface area contributed by atoms with Crippen LogP contribution in [0.1, 0.15) is 60.3 Å². The number of ether oxygens (including phenoxy) is 1. The third-order valence-corrected chi connectivity index (χ3v) is 5.95. The summed E-state index contributed by atoms with van der Waals surface area (Å²) in [7, 11) is 0. The van der Waals surface area contributed by atoms with Gasteiger partial charge in [-0.05, 0) is 64.2 Å². The van der Waals surface area contributed by atoms with Gasteiger partial charge in [0.25, 0.3) is 0 Å². The normalized spacial score (nSPS) is 22.9. The number of aromatic nitrogens is 2. The average molecular weight is 404 g/mol. The lowest BCUT2D eigenvalue weighted by atomic mass is 9.80. The van der Waals surface area contributed by atoms with E-state index in [1.165, 1.54) is 12.8 Å². The zero-order valence-electron chi connectivity index (χ0n) is 18.6. The zero-order valence-corrected chi connectivity index (χ0v) is 18.6. The molecule has 2 aliphatic rings. The average Bonchev–Trinajstić information content (AvgIpc) is 2.62. The predicted molar refractivity (Wildman–Crippen MR) is 116 cm³/mol. The molecule has 2 fully saturated rings. The summed E-state index contributed by atoms with van der Waals surface area (Å²) < 4.78 is 5.30. The summed E-state index contributed by atoms with van der Waals surface area (Å²) in [6, 6.07) is 0.212. The maximum Gasteiger partial charge on any atom is 0.407 e. The van der Waals surface area contributed by atoms with E-state index in [0.717, 1.165) is 55.9 Å². The number of carbonyl (C=O) groups excluding carboxylic acids is 1. The van der Waals surface area contributed by atoms with Crippen LogP contribution in [-0.2, 0) is 4.74 Å². The van der Waals surface area contributed by atoms with Crippen LogP contribution >= 0.6 is 0 Å². The van der Waals surface area contributed by atoms with E-state index in [1.807, 2.05) is 33.2 Å². The predicted octanol–water partition coefficient (Wildman–Crippen LogP) is 4.06. The molecule has 0 unspecified atom stereocenters. The van der Waals surface area contributed by atoms with Gasteiger partial charge in [0.15, 0.2) is 0 Å². The lowest BCUT2D eigenvalue weighted by Crippen LogP contribution is -2.47. The van der Waals surface area contributed by atoms with Gasteiger partial charge >= 0.3 is 6.09 Å². The van der Waals surface area contributed by atoms with Crippen molar-refractivity contribution in [1.82, 2.24) is 15.3 Å². The van der Waals surface area contributed by atoms with E-state index in [9.17, 15) is 4.79 Å². The van der Waals surface area contributed by atoms with Crippen molar-refractivity contribution in [2.24, 2.45) is 17.8 Å². The molecule has 1 aromatic heterocycles. The number of carbonyl (C=O) groups is 1. The number of rotatable bonds is 6. The number of hydrogen-bond donors (Lipinski definition) is 2. The molecule has 0 radical (unpaired) electrons. The fraction of sp³-hybridized carbons (Fsp3) is 0.773. The van der Waals surface area contributed by atoms with Crippen LogP contribution in [0.5, 0.6) is 0 Å². The van der Waals surface area contributed by atoms with E-state index in [1.54, 1.807) is 0 Å². The Morgan fingerprint density at radius 1 is 1.21 bits per heavy atom. The van der Waals surface area contributed by atoms with Gasteiger partial charge in [0.05, 0.1) is 18.1 Å².